The summed E-state index contributed by atoms with van der Waals surface area (Å²) in [6, 6.07) is 8.08. The first-order valence-corrected chi connectivity index (χ1v) is 14.4. The van der Waals surface area contributed by atoms with Gasteiger partial charge in [-0.25, -0.2) is 27.0 Å². The number of fused-ring (bicyclic) bond motifs is 3. The molecule has 14 heteroatoms. The molecule has 0 spiro atoms. The average Bonchev–Trinajstić information content (AvgIpc) is 3.52. The molecule has 2 atom stereocenters. The molecule has 5 aromatic rings. The van der Waals surface area contributed by atoms with Gasteiger partial charge in [-0.3, -0.25) is 5.10 Å². The summed E-state index contributed by atoms with van der Waals surface area (Å²) < 4.78 is 49.3. The van der Waals surface area contributed by atoms with Crippen LogP contribution in [0.2, 0.25) is 5.02 Å². The third-order valence-corrected chi connectivity index (χ3v) is 8.84. The van der Waals surface area contributed by atoms with Crippen molar-refractivity contribution >= 4 is 44.0 Å². The SMILES string of the molecule is CCOc1cc(-c2ccc(N3CC[C@H](NS(=O)(=O)c4cc(F)ccc4Cl)[C@@H](O)C3)nc2)c2c3cn[nH]c3nn2c1. The van der Waals surface area contributed by atoms with Gasteiger partial charge in [0.2, 0.25) is 10.0 Å². The van der Waals surface area contributed by atoms with Crippen molar-refractivity contribution in [1.82, 2.24) is 29.5 Å². The van der Waals surface area contributed by atoms with Gasteiger partial charge in [0.25, 0.3) is 0 Å². The number of aromatic nitrogens is 5. The molecule has 1 saturated heterocycles. The highest BCUT2D eigenvalue weighted by atomic mass is 35.5. The number of rotatable bonds is 7. The molecule has 4 aromatic heterocycles. The molecule has 0 unspecified atom stereocenters. The molecule has 0 amide bonds. The fourth-order valence-electron chi connectivity index (χ4n) is 4.96. The van der Waals surface area contributed by atoms with Crippen LogP contribution in [0.4, 0.5) is 10.2 Å². The predicted molar refractivity (Wildman–Crippen MR) is 148 cm³/mol. The van der Waals surface area contributed by atoms with Crippen LogP contribution >= 0.6 is 11.6 Å². The number of nitrogens with zero attached hydrogens (tertiary/aromatic N) is 5. The van der Waals surface area contributed by atoms with Crippen molar-refractivity contribution < 1.29 is 22.7 Å². The maximum atomic E-state index is 13.6. The molecule has 6 rings (SSSR count). The molecule has 208 valence electrons. The minimum atomic E-state index is -4.14. The van der Waals surface area contributed by atoms with Crippen LogP contribution in [0.1, 0.15) is 13.3 Å². The Morgan fingerprint density at radius 3 is 2.85 bits per heavy atom. The summed E-state index contributed by atoms with van der Waals surface area (Å²) >= 11 is 5.99. The summed E-state index contributed by atoms with van der Waals surface area (Å²) in [5, 5.41) is 23.1. The van der Waals surface area contributed by atoms with Crippen molar-refractivity contribution in [3.8, 4) is 16.9 Å². The second kappa shape index (κ2) is 10.3. The second-order valence-corrected chi connectivity index (χ2v) is 11.5. The Balaban J connectivity index is 1.21. The van der Waals surface area contributed by atoms with Crippen molar-refractivity contribution in [2.75, 3.05) is 24.6 Å². The van der Waals surface area contributed by atoms with Gasteiger partial charge in [0, 0.05) is 30.4 Å². The minimum Gasteiger partial charge on any atom is -0.492 e. The number of hydrogen-bond acceptors (Lipinski definition) is 8. The van der Waals surface area contributed by atoms with Crippen LogP contribution in [0.5, 0.6) is 5.75 Å². The Morgan fingerprint density at radius 2 is 2.10 bits per heavy atom. The number of pyridine rings is 2. The van der Waals surface area contributed by atoms with Crippen molar-refractivity contribution in [1.29, 1.82) is 0 Å². The highest BCUT2D eigenvalue weighted by Gasteiger charge is 2.33. The maximum Gasteiger partial charge on any atom is 0.242 e. The topological polar surface area (TPSA) is 138 Å². The number of piperidine rings is 1. The first-order chi connectivity index (χ1) is 19.2. The van der Waals surface area contributed by atoms with Crippen LogP contribution < -0.4 is 14.4 Å². The van der Waals surface area contributed by atoms with E-state index in [9.17, 15) is 17.9 Å². The lowest BCUT2D eigenvalue weighted by molar-refractivity contribution is 0.124. The van der Waals surface area contributed by atoms with Crippen LogP contribution in [-0.4, -0.2) is 70.2 Å². The number of H-pyrrole nitrogens is 1. The van der Waals surface area contributed by atoms with E-state index in [1.54, 1.807) is 16.9 Å². The number of benzene rings is 1. The summed E-state index contributed by atoms with van der Waals surface area (Å²) in [6.45, 7) is 3.01. The summed E-state index contributed by atoms with van der Waals surface area (Å²) in [5.74, 6) is 0.582. The zero-order valence-electron chi connectivity index (χ0n) is 21.3. The summed E-state index contributed by atoms with van der Waals surface area (Å²) in [6.07, 6.45) is 4.57. The van der Waals surface area contributed by atoms with Crippen LogP contribution in [0.3, 0.4) is 0 Å². The number of β-amino-alcohol motifs (C(OH)–C–C–N with tert-alkyl or cyclic N) is 1. The van der Waals surface area contributed by atoms with E-state index >= 15 is 0 Å². The van der Waals surface area contributed by atoms with Gasteiger partial charge >= 0.3 is 0 Å². The standard InChI is InChI=1S/C26H25ClFN7O4S/c1-2-39-17-10-18(25-19-12-30-31-26(19)32-35(25)13-17)15-3-6-24(29-11-15)34-8-7-21(22(36)14-34)33-40(37,38)23-9-16(28)4-5-20(23)27/h3-6,9-13,21-22,33,36H,2,7-8,14H2,1H3,(H,31,32)/t21-,22-/m0/s1. The zero-order chi connectivity index (χ0) is 28.0. The fraction of sp³-hybridized carbons (Fsp3) is 0.269. The van der Waals surface area contributed by atoms with Gasteiger partial charge < -0.3 is 14.7 Å². The number of ether oxygens (including phenoxy) is 1. The molecule has 40 heavy (non-hydrogen) atoms. The number of aromatic amines is 1. The van der Waals surface area contributed by atoms with E-state index in [1.165, 1.54) is 6.07 Å². The van der Waals surface area contributed by atoms with Crippen LogP contribution in [0.25, 0.3) is 27.7 Å². The number of halogens is 2. The van der Waals surface area contributed by atoms with Gasteiger partial charge in [-0.05, 0) is 49.7 Å². The maximum absolute atomic E-state index is 13.6. The Labute approximate surface area is 233 Å². The molecule has 1 aliphatic rings. The zero-order valence-corrected chi connectivity index (χ0v) is 22.8. The molecule has 3 N–H and O–H groups in total. The second-order valence-electron chi connectivity index (χ2n) is 9.46. The Bertz CT molecular complexity index is 1810. The number of aliphatic hydroxyl groups is 1. The van der Waals surface area contributed by atoms with Crippen LogP contribution in [-0.2, 0) is 10.0 Å². The van der Waals surface area contributed by atoms with Gasteiger partial charge in [0.1, 0.15) is 22.3 Å². The van der Waals surface area contributed by atoms with E-state index in [0.717, 1.165) is 34.2 Å². The molecule has 1 aromatic carbocycles. The lowest BCUT2D eigenvalue weighted by Crippen LogP contribution is -2.54. The van der Waals surface area contributed by atoms with E-state index in [-0.39, 0.29) is 16.5 Å². The third-order valence-electron chi connectivity index (χ3n) is 6.87. The number of nitrogens with one attached hydrogen (secondary N) is 2. The average molecular weight is 586 g/mol. The van der Waals surface area contributed by atoms with E-state index in [0.29, 0.717) is 36.8 Å². The highest BCUT2D eigenvalue weighted by molar-refractivity contribution is 7.89. The third kappa shape index (κ3) is 4.85. The molecular formula is C26H25ClFN7O4S. The molecule has 0 radical (unpaired) electrons. The van der Waals surface area contributed by atoms with Crippen LogP contribution in [0, 0.1) is 5.82 Å². The van der Waals surface area contributed by atoms with E-state index in [2.05, 4.69) is 25.0 Å². The van der Waals surface area contributed by atoms with Crippen molar-refractivity contribution in [2.45, 2.75) is 30.4 Å². The Kier molecular flexibility index (Phi) is 6.82. The lowest BCUT2D eigenvalue weighted by Gasteiger charge is -2.36. The van der Waals surface area contributed by atoms with Crippen LogP contribution in [0.15, 0.2) is 59.9 Å². The summed E-state index contributed by atoms with van der Waals surface area (Å²) in [4.78, 5) is 6.16. The number of sulfonamides is 1. The first-order valence-electron chi connectivity index (χ1n) is 12.6. The van der Waals surface area contributed by atoms with Gasteiger partial charge in [-0.2, -0.15) is 5.10 Å². The summed E-state index contributed by atoms with van der Waals surface area (Å²) in [7, 11) is -4.14. The van der Waals surface area contributed by atoms with Crippen molar-refractivity contribution in [3.05, 3.63) is 65.8 Å². The minimum absolute atomic E-state index is 0.0985. The molecule has 1 aliphatic heterocycles. The smallest absolute Gasteiger partial charge is 0.242 e. The van der Waals surface area contributed by atoms with Gasteiger partial charge in [-0.15, -0.1) is 5.10 Å². The first kappa shape index (κ1) is 26.4. The van der Waals surface area contributed by atoms with Gasteiger partial charge in [0.15, 0.2) is 5.65 Å². The number of anilines is 1. The van der Waals surface area contributed by atoms with Gasteiger partial charge in [-0.1, -0.05) is 11.6 Å². The molecule has 0 saturated carbocycles. The number of hydrogen-bond donors (Lipinski definition) is 3. The molecule has 1 fully saturated rings. The summed E-state index contributed by atoms with van der Waals surface area (Å²) in [5.41, 5.74) is 3.24. The van der Waals surface area contributed by atoms with E-state index < -0.39 is 28.0 Å². The van der Waals surface area contributed by atoms with Crippen molar-refractivity contribution in [2.24, 2.45) is 0 Å². The molecule has 11 nitrogen and oxygen atoms in total. The van der Waals surface area contributed by atoms with E-state index in [4.69, 9.17) is 16.3 Å². The molecule has 5 heterocycles. The largest absolute Gasteiger partial charge is 0.492 e. The normalized spacial score (nSPS) is 18.1. The molecular weight excluding hydrogens is 561 g/mol. The Morgan fingerprint density at radius 1 is 1.25 bits per heavy atom. The Hall–Kier alpha value is -3.78. The number of aliphatic hydroxyl groups excluding tert-OH is 1. The van der Waals surface area contributed by atoms with E-state index in [1.807, 2.05) is 36.2 Å². The van der Waals surface area contributed by atoms with Gasteiger partial charge in [0.05, 0.1) is 47.1 Å². The molecule has 0 bridgehead atoms. The molecule has 0 aliphatic carbocycles. The predicted octanol–water partition coefficient (Wildman–Crippen LogP) is 3.38. The monoisotopic (exact) mass is 585 g/mol. The fourth-order valence-corrected chi connectivity index (χ4v) is 6.78. The quantitative estimate of drug-likeness (QED) is 0.264. The van der Waals surface area contributed by atoms with Crippen molar-refractivity contribution in [3.63, 3.8) is 0 Å². The highest BCUT2D eigenvalue weighted by Crippen LogP contribution is 2.33. The lowest BCUT2D eigenvalue weighted by atomic mass is 10.0.